The van der Waals surface area contributed by atoms with Crippen molar-refractivity contribution in [1.29, 1.82) is 0 Å². The van der Waals surface area contributed by atoms with Gasteiger partial charge >= 0.3 is 0 Å². The predicted molar refractivity (Wildman–Crippen MR) is 172 cm³/mol. The Morgan fingerprint density at radius 3 is 2.60 bits per heavy atom. The minimum Gasteiger partial charge on any atom is -0.479 e. The van der Waals surface area contributed by atoms with Crippen LogP contribution in [0.5, 0.6) is 11.6 Å². The summed E-state index contributed by atoms with van der Waals surface area (Å²) in [6.07, 6.45) is 2.66. The van der Waals surface area contributed by atoms with Crippen LogP contribution in [-0.2, 0) is 25.2 Å². The number of amides is 1. The standard InChI is InChI=1S/C33H46FN3O7Si/c1-33(2,3)45(7,8)44-17-15-37(4)32(38)24-13-11-12-23(28(24)34)29-31(40-6)35-25-18-22(20-42-27-14-9-10-16-41-27)19-26(30(25)36-29)43-21-39-5/h11-13,18-19,27H,9-10,14-17,20-21H2,1-8H3. The molecular formula is C33H46FN3O7Si. The molecule has 12 heteroatoms. The van der Waals surface area contributed by atoms with E-state index in [1.807, 2.05) is 6.07 Å². The highest BCUT2D eigenvalue weighted by Gasteiger charge is 2.37. The number of likely N-dealkylation sites (N-methyl/N-ethyl adjacent to an activating group) is 1. The Kier molecular flexibility index (Phi) is 11.5. The molecule has 1 aliphatic heterocycles. The lowest BCUT2D eigenvalue weighted by atomic mass is 10.0. The molecule has 0 radical (unpaired) electrons. The van der Waals surface area contributed by atoms with Gasteiger partial charge in [0.05, 0.1) is 31.4 Å². The maximum absolute atomic E-state index is 16.1. The Balaban J connectivity index is 1.63. The fourth-order valence-electron chi connectivity index (χ4n) is 4.67. The fourth-order valence-corrected chi connectivity index (χ4v) is 5.71. The summed E-state index contributed by atoms with van der Waals surface area (Å²) in [5.41, 5.74) is 1.80. The zero-order valence-electron chi connectivity index (χ0n) is 27.7. The van der Waals surface area contributed by atoms with E-state index in [9.17, 15) is 4.79 Å². The zero-order chi connectivity index (χ0) is 32.8. The second-order valence-corrected chi connectivity index (χ2v) is 17.5. The van der Waals surface area contributed by atoms with Crippen LogP contribution in [0.25, 0.3) is 22.3 Å². The molecule has 1 unspecified atom stereocenters. The second kappa shape index (κ2) is 15.0. The molecule has 4 rings (SSSR count). The predicted octanol–water partition coefficient (Wildman–Crippen LogP) is 6.56. The highest BCUT2D eigenvalue weighted by molar-refractivity contribution is 6.74. The van der Waals surface area contributed by atoms with Gasteiger partial charge in [0.2, 0.25) is 5.88 Å². The van der Waals surface area contributed by atoms with Gasteiger partial charge < -0.3 is 33.0 Å². The molecule has 0 aliphatic carbocycles. The molecule has 0 spiro atoms. The highest BCUT2D eigenvalue weighted by atomic mass is 28.4. The smallest absolute Gasteiger partial charge is 0.256 e. The van der Waals surface area contributed by atoms with Crippen molar-refractivity contribution >= 4 is 25.3 Å². The van der Waals surface area contributed by atoms with Gasteiger partial charge in [0.1, 0.15) is 17.0 Å². The van der Waals surface area contributed by atoms with Gasteiger partial charge in [-0.15, -0.1) is 0 Å². The third-order valence-corrected chi connectivity index (χ3v) is 12.9. The van der Waals surface area contributed by atoms with Gasteiger partial charge in [-0.1, -0.05) is 26.8 Å². The Labute approximate surface area is 266 Å². The zero-order valence-corrected chi connectivity index (χ0v) is 28.7. The first-order valence-electron chi connectivity index (χ1n) is 15.3. The molecular weight excluding hydrogens is 597 g/mol. The molecule has 10 nitrogen and oxygen atoms in total. The lowest BCUT2D eigenvalue weighted by molar-refractivity contribution is -0.168. The van der Waals surface area contributed by atoms with Gasteiger partial charge in [-0.3, -0.25) is 4.79 Å². The Hall–Kier alpha value is -3.16. The van der Waals surface area contributed by atoms with Crippen LogP contribution in [0.15, 0.2) is 30.3 Å². The van der Waals surface area contributed by atoms with Gasteiger partial charge in [0.15, 0.2) is 27.1 Å². The number of methoxy groups -OCH3 is 2. The third kappa shape index (κ3) is 8.36. The quantitative estimate of drug-likeness (QED) is 0.151. The van der Waals surface area contributed by atoms with Gasteiger partial charge in [0, 0.05) is 32.9 Å². The van der Waals surface area contributed by atoms with Gasteiger partial charge in [-0.05, 0) is 67.2 Å². The summed E-state index contributed by atoms with van der Waals surface area (Å²) < 4.78 is 50.6. The number of ether oxygens (including phenoxy) is 5. The van der Waals surface area contributed by atoms with E-state index in [4.69, 9.17) is 33.1 Å². The van der Waals surface area contributed by atoms with E-state index in [-0.39, 0.29) is 47.4 Å². The largest absolute Gasteiger partial charge is 0.479 e. The van der Waals surface area contributed by atoms with Crippen LogP contribution in [0.1, 0.15) is 56.0 Å². The summed E-state index contributed by atoms with van der Waals surface area (Å²) in [7, 11) is 2.62. The van der Waals surface area contributed by atoms with E-state index in [1.54, 1.807) is 25.2 Å². The fraction of sp³-hybridized carbons (Fsp3) is 0.545. The number of hydrogen-bond donors (Lipinski definition) is 0. The summed E-state index contributed by atoms with van der Waals surface area (Å²) in [6.45, 7) is 12.4. The van der Waals surface area contributed by atoms with E-state index in [0.29, 0.717) is 36.5 Å². The van der Waals surface area contributed by atoms with Gasteiger partial charge in [0.25, 0.3) is 5.91 Å². The molecule has 1 atom stereocenters. The molecule has 0 bridgehead atoms. The van der Waals surface area contributed by atoms with Crippen molar-refractivity contribution in [2.24, 2.45) is 0 Å². The molecule has 0 saturated carbocycles. The lowest BCUT2D eigenvalue weighted by Gasteiger charge is -2.36. The highest BCUT2D eigenvalue weighted by Crippen LogP contribution is 2.37. The second-order valence-electron chi connectivity index (χ2n) is 12.7. The van der Waals surface area contributed by atoms with E-state index < -0.39 is 20.0 Å². The summed E-state index contributed by atoms with van der Waals surface area (Å²) >= 11 is 0. The number of benzene rings is 2. The maximum atomic E-state index is 16.1. The molecule has 1 aliphatic rings. The number of fused-ring (bicyclic) bond motifs is 1. The number of carbonyl (C=O) groups excluding carboxylic acids is 1. The number of rotatable bonds is 13. The van der Waals surface area contributed by atoms with Crippen molar-refractivity contribution in [2.75, 3.05) is 47.8 Å². The first-order valence-corrected chi connectivity index (χ1v) is 18.2. The van der Waals surface area contributed by atoms with Crippen molar-refractivity contribution < 1.29 is 37.3 Å². The van der Waals surface area contributed by atoms with Crippen LogP contribution in [0, 0.1) is 5.82 Å². The molecule has 3 aromatic rings. The van der Waals surface area contributed by atoms with Crippen LogP contribution in [0.3, 0.4) is 0 Å². The summed E-state index contributed by atoms with van der Waals surface area (Å²) in [6, 6.07) is 8.25. The summed E-state index contributed by atoms with van der Waals surface area (Å²) in [5, 5.41) is 0.0453. The van der Waals surface area contributed by atoms with Crippen molar-refractivity contribution in [3.63, 3.8) is 0 Å². The third-order valence-electron chi connectivity index (χ3n) is 8.39. The summed E-state index contributed by atoms with van der Waals surface area (Å²) in [5.74, 6) is -0.684. The topological polar surface area (TPSA) is 101 Å². The SMILES string of the molecule is COCOc1cc(COC2CCCCO2)cc2nc(OC)c(-c3cccc(C(=O)N(C)CCO[Si](C)(C)C(C)(C)C)c3F)nc12. The lowest BCUT2D eigenvalue weighted by Crippen LogP contribution is -2.43. The number of hydrogen-bond acceptors (Lipinski definition) is 9. The molecule has 1 amide bonds. The number of carbonyl (C=O) groups is 1. The van der Waals surface area contributed by atoms with Gasteiger partial charge in [-0.2, -0.15) is 0 Å². The Morgan fingerprint density at radius 2 is 1.93 bits per heavy atom. The number of halogens is 1. The minimum atomic E-state index is -1.98. The molecule has 1 fully saturated rings. The molecule has 1 saturated heterocycles. The molecule has 2 heterocycles. The van der Waals surface area contributed by atoms with Crippen LogP contribution in [0.2, 0.25) is 18.1 Å². The van der Waals surface area contributed by atoms with Crippen LogP contribution in [0.4, 0.5) is 4.39 Å². The first-order chi connectivity index (χ1) is 21.4. The normalized spacial score (nSPS) is 15.7. The van der Waals surface area contributed by atoms with Crippen molar-refractivity contribution in [3.8, 4) is 22.9 Å². The molecule has 0 N–H and O–H groups in total. The molecule has 45 heavy (non-hydrogen) atoms. The Morgan fingerprint density at radius 1 is 1.16 bits per heavy atom. The first kappa shape index (κ1) is 34.7. The van der Waals surface area contributed by atoms with Gasteiger partial charge in [-0.25, -0.2) is 14.4 Å². The van der Waals surface area contributed by atoms with E-state index in [0.717, 1.165) is 24.8 Å². The van der Waals surface area contributed by atoms with Crippen molar-refractivity contribution in [3.05, 3.63) is 47.3 Å². The number of aromatic nitrogens is 2. The van der Waals surface area contributed by atoms with Crippen LogP contribution < -0.4 is 9.47 Å². The maximum Gasteiger partial charge on any atom is 0.256 e. The van der Waals surface area contributed by atoms with E-state index >= 15 is 4.39 Å². The van der Waals surface area contributed by atoms with E-state index in [1.165, 1.54) is 25.2 Å². The average Bonchev–Trinajstić information content (AvgIpc) is 3.01. The van der Waals surface area contributed by atoms with E-state index in [2.05, 4.69) is 38.8 Å². The Bertz CT molecular complexity index is 1470. The number of nitrogens with zero attached hydrogens (tertiary/aromatic N) is 3. The van der Waals surface area contributed by atoms with Crippen molar-refractivity contribution in [1.82, 2.24) is 14.9 Å². The van der Waals surface area contributed by atoms with Crippen LogP contribution in [-0.4, -0.2) is 83.2 Å². The van der Waals surface area contributed by atoms with Crippen LogP contribution >= 0.6 is 0 Å². The molecule has 2 aromatic carbocycles. The molecule has 246 valence electrons. The average molecular weight is 644 g/mol. The molecule has 1 aromatic heterocycles. The minimum absolute atomic E-state index is 0.0298. The monoisotopic (exact) mass is 643 g/mol. The summed E-state index contributed by atoms with van der Waals surface area (Å²) in [4.78, 5) is 24.3. The van der Waals surface area contributed by atoms with Crippen molar-refractivity contribution in [2.45, 2.75) is 71.1 Å².